The quantitative estimate of drug-likeness (QED) is 0.272. The average Bonchev–Trinajstić information content (AvgIpc) is 3.38. The molecule has 3 N–H and O–H groups in total. The summed E-state index contributed by atoms with van der Waals surface area (Å²) in [4.78, 5) is 9.75. The third-order valence-electron chi connectivity index (χ3n) is 7.40. The molecule has 9 heteroatoms. The Labute approximate surface area is 225 Å². The molecule has 0 atom stereocenters. The molecule has 3 aromatic heterocycles. The number of nitrogen functional groups attached to an aromatic ring is 1. The number of aromatic nitrogens is 4. The molecule has 0 bridgehead atoms. The third-order valence-corrected chi connectivity index (χ3v) is 8.21. The molecule has 0 amide bonds. The fourth-order valence-corrected chi connectivity index (χ4v) is 5.68. The van der Waals surface area contributed by atoms with E-state index in [9.17, 15) is 5.11 Å². The lowest BCUT2D eigenvalue weighted by Crippen LogP contribution is -2.35. The minimum atomic E-state index is -0.222. The van der Waals surface area contributed by atoms with Crippen LogP contribution in [-0.4, -0.2) is 58.2 Å². The topological polar surface area (TPSA) is 108 Å². The third kappa shape index (κ3) is 5.27. The van der Waals surface area contributed by atoms with E-state index in [1.54, 1.807) is 17.8 Å². The number of anilines is 1. The van der Waals surface area contributed by atoms with Crippen molar-refractivity contribution in [2.75, 3.05) is 39.3 Å². The number of aliphatic hydroxyl groups is 1. The molecule has 1 aliphatic carbocycles. The molecular formula is C28H32BrN5O3. The lowest BCUT2D eigenvalue weighted by Gasteiger charge is -2.38. The van der Waals surface area contributed by atoms with Crippen LogP contribution in [0, 0.1) is 5.41 Å². The summed E-state index contributed by atoms with van der Waals surface area (Å²) >= 11 is 3.69. The second kappa shape index (κ2) is 11.3. The van der Waals surface area contributed by atoms with Crippen LogP contribution in [0.5, 0.6) is 0 Å². The van der Waals surface area contributed by atoms with Crippen molar-refractivity contribution in [1.29, 1.82) is 0 Å². The maximum atomic E-state index is 10.1. The van der Waals surface area contributed by atoms with Crippen LogP contribution in [0.1, 0.15) is 37.3 Å². The lowest BCUT2D eigenvalue weighted by atomic mass is 9.70. The maximum absolute atomic E-state index is 10.1. The highest BCUT2D eigenvalue weighted by atomic mass is 79.9. The first-order valence-electron chi connectivity index (χ1n) is 12.6. The van der Waals surface area contributed by atoms with Crippen molar-refractivity contribution in [3.63, 3.8) is 0 Å². The van der Waals surface area contributed by atoms with Gasteiger partial charge in [0.15, 0.2) is 5.65 Å². The first-order chi connectivity index (χ1) is 18.0. The van der Waals surface area contributed by atoms with E-state index in [1.165, 1.54) is 0 Å². The Morgan fingerprint density at radius 1 is 1.08 bits per heavy atom. The zero-order chi connectivity index (χ0) is 25.8. The molecule has 1 aliphatic rings. The van der Waals surface area contributed by atoms with Crippen LogP contribution in [0.3, 0.4) is 0 Å². The Morgan fingerprint density at radius 2 is 1.86 bits per heavy atom. The molecule has 3 heterocycles. The van der Waals surface area contributed by atoms with Gasteiger partial charge in [-0.2, -0.15) is 9.61 Å². The smallest absolute Gasteiger partial charge is 0.165 e. The Bertz CT molecular complexity index is 1340. The van der Waals surface area contributed by atoms with Gasteiger partial charge in [0.1, 0.15) is 5.82 Å². The van der Waals surface area contributed by atoms with Gasteiger partial charge in [-0.1, -0.05) is 36.4 Å². The van der Waals surface area contributed by atoms with Crippen molar-refractivity contribution in [2.45, 2.75) is 31.6 Å². The zero-order valence-electron chi connectivity index (χ0n) is 20.9. The minimum absolute atomic E-state index is 0.112. The van der Waals surface area contributed by atoms with E-state index < -0.39 is 0 Å². The highest BCUT2D eigenvalue weighted by molar-refractivity contribution is 9.10. The number of rotatable bonds is 9. The number of hydrogen-bond acceptors (Lipinski definition) is 7. The van der Waals surface area contributed by atoms with Crippen LogP contribution in [0.25, 0.3) is 28.0 Å². The van der Waals surface area contributed by atoms with Crippen LogP contribution in [0.4, 0.5) is 5.82 Å². The molecule has 8 nitrogen and oxygen atoms in total. The van der Waals surface area contributed by atoms with Crippen LogP contribution < -0.4 is 5.73 Å². The minimum Gasteiger partial charge on any atom is -0.396 e. The molecule has 1 fully saturated rings. The number of halogens is 1. The van der Waals surface area contributed by atoms with Crippen LogP contribution in [-0.2, 0) is 9.47 Å². The van der Waals surface area contributed by atoms with Crippen LogP contribution in [0.2, 0.25) is 0 Å². The summed E-state index contributed by atoms with van der Waals surface area (Å²) in [7, 11) is 1.66. The van der Waals surface area contributed by atoms with Gasteiger partial charge in [-0.25, -0.2) is 4.98 Å². The second-order valence-electron chi connectivity index (χ2n) is 9.77. The monoisotopic (exact) mass is 565 g/mol. The molecule has 194 valence electrons. The van der Waals surface area contributed by atoms with Gasteiger partial charge in [0.05, 0.1) is 48.5 Å². The second-order valence-corrected chi connectivity index (χ2v) is 10.6. The summed E-state index contributed by atoms with van der Waals surface area (Å²) in [5, 5.41) is 14.7. The predicted octanol–water partition coefficient (Wildman–Crippen LogP) is 5.10. The molecule has 0 saturated heterocycles. The van der Waals surface area contributed by atoms with E-state index >= 15 is 0 Å². The Hall–Kier alpha value is -2.85. The van der Waals surface area contributed by atoms with E-state index in [2.05, 4.69) is 26.0 Å². The summed E-state index contributed by atoms with van der Waals surface area (Å²) < 4.78 is 13.3. The standard InChI is InChI=1S/C28H32BrN5O3/c1-36-13-14-37-18-28(17-35)11-9-20(10-12-28)25-24(29)26(30)34-27(33-25)22(16-32-34)21-7-8-23(31-15-21)19-5-3-2-4-6-19/h2-8,15-16,20,35H,9-14,17-18,30H2,1H3/t20-,28-. The number of hydrogen-bond donors (Lipinski definition) is 2. The number of nitrogens with two attached hydrogens (primary N) is 1. The van der Waals surface area contributed by atoms with Gasteiger partial charge >= 0.3 is 0 Å². The molecule has 4 aromatic rings. The Morgan fingerprint density at radius 3 is 2.54 bits per heavy atom. The number of benzene rings is 1. The van der Waals surface area contributed by atoms with E-state index in [0.29, 0.717) is 31.3 Å². The first kappa shape index (κ1) is 25.8. The van der Waals surface area contributed by atoms with Gasteiger partial charge < -0.3 is 20.3 Å². The van der Waals surface area contributed by atoms with Gasteiger partial charge in [0.25, 0.3) is 0 Å². The summed E-state index contributed by atoms with van der Waals surface area (Å²) in [5.41, 5.74) is 11.8. The van der Waals surface area contributed by atoms with Gasteiger partial charge in [-0.3, -0.25) is 4.98 Å². The molecule has 1 aromatic carbocycles. The number of nitrogens with zero attached hydrogens (tertiary/aromatic N) is 4. The fraction of sp³-hybridized carbons (Fsp3) is 0.393. The van der Waals surface area contributed by atoms with Crippen LogP contribution in [0.15, 0.2) is 59.3 Å². The van der Waals surface area contributed by atoms with E-state index in [0.717, 1.165) is 58.2 Å². The summed E-state index contributed by atoms with van der Waals surface area (Å²) in [6.45, 7) is 1.74. The van der Waals surface area contributed by atoms with E-state index in [-0.39, 0.29) is 17.9 Å². The highest BCUT2D eigenvalue weighted by Crippen LogP contribution is 2.45. The predicted molar refractivity (Wildman–Crippen MR) is 147 cm³/mol. The fourth-order valence-electron chi connectivity index (χ4n) is 5.10. The van der Waals surface area contributed by atoms with Gasteiger partial charge in [0.2, 0.25) is 0 Å². The summed E-state index contributed by atoms with van der Waals surface area (Å²) in [5.74, 6) is 0.753. The average molecular weight is 566 g/mol. The molecule has 0 spiro atoms. The SMILES string of the molecule is COCCOC[C@]1(CO)CC[C@@H](c2nc3c(-c4ccc(-c5ccccc5)nc4)cnn3c(N)c2Br)CC1. The maximum Gasteiger partial charge on any atom is 0.165 e. The molecule has 1 saturated carbocycles. The van der Waals surface area contributed by atoms with Crippen molar-refractivity contribution in [1.82, 2.24) is 19.6 Å². The molecule has 37 heavy (non-hydrogen) atoms. The van der Waals surface area contributed by atoms with Crippen molar-refractivity contribution in [2.24, 2.45) is 5.41 Å². The van der Waals surface area contributed by atoms with E-state index in [4.69, 9.17) is 20.2 Å². The summed E-state index contributed by atoms with van der Waals surface area (Å²) in [6, 6.07) is 14.2. The normalized spacial score (nSPS) is 19.9. The molecule has 0 aliphatic heterocycles. The zero-order valence-corrected chi connectivity index (χ0v) is 22.5. The number of pyridine rings is 1. The van der Waals surface area contributed by atoms with Crippen molar-refractivity contribution in [3.8, 4) is 22.4 Å². The molecular weight excluding hydrogens is 534 g/mol. The van der Waals surface area contributed by atoms with Gasteiger partial charge in [0, 0.05) is 41.3 Å². The molecule has 5 rings (SSSR count). The molecule has 0 radical (unpaired) electrons. The van der Waals surface area contributed by atoms with Crippen molar-refractivity contribution in [3.05, 3.63) is 65.0 Å². The number of fused-ring (bicyclic) bond motifs is 1. The van der Waals surface area contributed by atoms with E-state index in [1.807, 2.05) is 48.7 Å². The van der Waals surface area contributed by atoms with Crippen LogP contribution >= 0.6 is 15.9 Å². The Kier molecular flexibility index (Phi) is 7.85. The summed E-state index contributed by atoms with van der Waals surface area (Å²) in [6.07, 6.45) is 7.16. The first-order valence-corrected chi connectivity index (χ1v) is 13.4. The van der Waals surface area contributed by atoms with Crippen molar-refractivity contribution >= 4 is 27.4 Å². The number of methoxy groups -OCH3 is 1. The molecule has 0 unspecified atom stereocenters. The highest BCUT2D eigenvalue weighted by Gasteiger charge is 2.37. The largest absolute Gasteiger partial charge is 0.396 e. The van der Waals surface area contributed by atoms with Gasteiger partial charge in [-0.05, 0) is 47.7 Å². The van der Waals surface area contributed by atoms with Crippen molar-refractivity contribution < 1.29 is 14.6 Å². The number of ether oxygens (including phenoxy) is 2. The lowest BCUT2D eigenvalue weighted by molar-refractivity contribution is -0.0318. The van der Waals surface area contributed by atoms with Gasteiger partial charge in [-0.15, -0.1) is 0 Å². The number of aliphatic hydroxyl groups excluding tert-OH is 1. The Balaban J connectivity index is 1.39.